The SMILES string of the molecule is CC(=NC[C@H]1c2ccccc2C(=O)N(CCc2ccccc2)[C@@H]1c1ccc2c(c1)c1ccccc1n2C)c1c(O)n(C)c(=O)n(-c2ccccc2C)c1=O. The van der Waals surface area contributed by atoms with Gasteiger partial charge in [0.15, 0.2) is 0 Å². The monoisotopic (exact) mass is 715 g/mol. The standard InChI is InChI=1S/C45H41N5O4/c1-28-14-8-12-20-37(28)50-44(53)40(43(52)48(4)45(50)54)29(2)46-27-36-32-17-9-10-19-34(32)42(51)49(25-24-30-15-6-5-7-16-30)41(36)31-22-23-39-35(26-31)33-18-11-13-21-38(33)47(39)3/h5-23,26,36,41,52H,24-25,27H2,1-4H3/t36-,41+/m0/s1. The van der Waals surface area contributed by atoms with E-state index in [1.165, 1.54) is 7.05 Å². The molecule has 0 bridgehead atoms. The van der Waals surface area contributed by atoms with Crippen LogP contribution in [0.25, 0.3) is 27.5 Å². The van der Waals surface area contributed by atoms with Crippen molar-refractivity contribution in [3.05, 3.63) is 176 Å². The van der Waals surface area contributed by atoms with Gasteiger partial charge < -0.3 is 14.6 Å². The Bertz CT molecular complexity index is 2740. The van der Waals surface area contributed by atoms with Crippen molar-refractivity contribution in [1.82, 2.24) is 18.6 Å². The Morgan fingerprint density at radius 3 is 2.24 bits per heavy atom. The highest BCUT2D eigenvalue weighted by molar-refractivity contribution is 6.08. The number of para-hydroxylation sites is 2. The van der Waals surface area contributed by atoms with Gasteiger partial charge in [0.2, 0.25) is 5.88 Å². The van der Waals surface area contributed by atoms with Gasteiger partial charge >= 0.3 is 5.69 Å². The van der Waals surface area contributed by atoms with Crippen molar-refractivity contribution in [2.45, 2.75) is 32.2 Å². The van der Waals surface area contributed by atoms with Crippen LogP contribution in [0.1, 0.15) is 57.1 Å². The molecule has 9 nitrogen and oxygen atoms in total. The normalized spacial score (nSPS) is 16.0. The Morgan fingerprint density at radius 1 is 0.759 bits per heavy atom. The predicted molar refractivity (Wildman–Crippen MR) is 214 cm³/mol. The second kappa shape index (κ2) is 13.8. The number of hydrogen-bond acceptors (Lipinski definition) is 5. The number of aryl methyl sites for hydroxylation is 2. The fraction of sp³-hybridized carbons (Fsp3) is 0.200. The fourth-order valence-corrected chi connectivity index (χ4v) is 8.16. The molecule has 0 fully saturated rings. The lowest BCUT2D eigenvalue weighted by molar-refractivity contribution is 0.0614. The number of rotatable bonds is 8. The molecule has 7 aromatic rings. The molecule has 1 amide bonds. The molecule has 0 unspecified atom stereocenters. The van der Waals surface area contributed by atoms with Crippen LogP contribution in [0.4, 0.5) is 0 Å². The van der Waals surface area contributed by atoms with E-state index in [2.05, 4.69) is 54.1 Å². The maximum absolute atomic E-state index is 14.5. The number of nitrogens with zero attached hydrogens (tertiary/aromatic N) is 5. The van der Waals surface area contributed by atoms with Crippen LogP contribution in [0.15, 0.2) is 136 Å². The van der Waals surface area contributed by atoms with Crippen LogP contribution in [0.5, 0.6) is 5.88 Å². The Morgan fingerprint density at radius 2 is 1.44 bits per heavy atom. The van der Waals surface area contributed by atoms with E-state index >= 15 is 0 Å². The summed E-state index contributed by atoms with van der Waals surface area (Å²) in [4.78, 5) is 49.0. The molecule has 1 aliphatic rings. The van der Waals surface area contributed by atoms with Gasteiger partial charge in [0.1, 0.15) is 5.56 Å². The minimum atomic E-state index is -0.652. The van der Waals surface area contributed by atoms with Crippen LogP contribution < -0.4 is 11.2 Å². The second-order valence-corrected chi connectivity index (χ2v) is 14.1. The van der Waals surface area contributed by atoms with Crippen LogP contribution >= 0.6 is 0 Å². The summed E-state index contributed by atoms with van der Waals surface area (Å²) in [6, 6.07) is 39.4. The maximum atomic E-state index is 14.5. The van der Waals surface area contributed by atoms with Gasteiger partial charge in [-0.1, -0.05) is 91.0 Å². The van der Waals surface area contributed by atoms with E-state index in [1.54, 1.807) is 19.1 Å². The molecule has 0 saturated heterocycles. The second-order valence-electron chi connectivity index (χ2n) is 14.1. The summed E-state index contributed by atoms with van der Waals surface area (Å²) in [5.41, 5.74) is 5.97. The third kappa shape index (κ3) is 5.73. The molecule has 3 heterocycles. The molecule has 0 saturated carbocycles. The molecule has 9 heteroatoms. The lowest BCUT2D eigenvalue weighted by Crippen LogP contribution is -2.44. The summed E-state index contributed by atoms with van der Waals surface area (Å²) >= 11 is 0. The van der Waals surface area contributed by atoms with Gasteiger partial charge in [-0.05, 0) is 72.9 Å². The zero-order chi connectivity index (χ0) is 37.7. The summed E-state index contributed by atoms with van der Waals surface area (Å²) in [5.74, 6) is -0.790. The Balaban J connectivity index is 1.28. The van der Waals surface area contributed by atoms with Crippen LogP contribution in [0.3, 0.4) is 0 Å². The fourth-order valence-electron chi connectivity index (χ4n) is 8.16. The minimum Gasteiger partial charge on any atom is -0.494 e. The summed E-state index contributed by atoms with van der Waals surface area (Å²) in [5, 5.41) is 13.5. The molecule has 8 rings (SSSR count). The lowest BCUT2D eigenvalue weighted by Gasteiger charge is -2.42. The molecule has 270 valence electrons. The van der Waals surface area contributed by atoms with Crippen molar-refractivity contribution in [2.24, 2.45) is 19.1 Å². The molecular weight excluding hydrogens is 675 g/mol. The number of carbonyl (C=O) groups excluding carboxylic acids is 1. The van der Waals surface area contributed by atoms with Gasteiger partial charge in [0.05, 0.1) is 11.7 Å². The summed E-state index contributed by atoms with van der Waals surface area (Å²) < 4.78 is 4.35. The van der Waals surface area contributed by atoms with Crippen molar-refractivity contribution in [3.8, 4) is 11.6 Å². The maximum Gasteiger partial charge on any atom is 0.338 e. The van der Waals surface area contributed by atoms with Crippen molar-refractivity contribution in [3.63, 3.8) is 0 Å². The summed E-state index contributed by atoms with van der Waals surface area (Å²) in [6.45, 7) is 4.21. The highest BCUT2D eigenvalue weighted by Gasteiger charge is 2.40. The van der Waals surface area contributed by atoms with Gasteiger partial charge in [-0.2, -0.15) is 0 Å². The van der Waals surface area contributed by atoms with Gasteiger partial charge in [0, 0.05) is 66.2 Å². The van der Waals surface area contributed by atoms with E-state index in [-0.39, 0.29) is 23.9 Å². The van der Waals surface area contributed by atoms with Crippen LogP contribution in [-0.4, -0.2) is 48.4 Å². The number of hydrogen-bond donors (Lipinski definition) is 1. The quantitative estimate of drug-likeness (QED) is 0.168. The zero-order valence-corrected chi connectivity index (χ0v) is 30.7. The van der Waals surface area contributed by atoms with Crippen LogP contribution in [-0.2, 0) is 20.5 Å². The van der Waals surface area contributed by atoms with E-state index in [0.717, 1.165) is 53.2 Å². The lowest BCUT2D eigenvalue weighted by atomic mass is 9.79. The predicted octanol–water partition coefficient (Wildman–Crippen LogP) is 7.23. The number of aromatic nitrogens is 3. The van der Waals surface area contributed by atoms with Crippen molar-refractivity contribution in [2.75, 3.05) is 13.1 Å². The smallest absolute Gasteiger partial charge is 0.338 e. The zero-order valence-electron chi connectivity index (χ0n) is 30.7. The number of amides is 1. The first kappa shape index (κ1) is 34.6. The van der Waals surface area contributed by atoms with Gasteiger partial charge in [0.25, 0.3) is 11.5 Å². The Hall–Kier alpha value is -6.48. The highest BCUT2D eigenvalue weighted by Crippen LogP contribution is 2.44. The van der Waals surface area contributed by atoms with E-state index < -0.39 is 23.2 Å². The molecule has 1 N–H and O–H groups in total. The topological polar surface area (TPSA) is 102 Å². The number of aromatic hydroxyl groups is 1. The molecule has 1 aliphatic heterocycles. The molecule has 2 aromatic heterocycles. The van der Waals surface area contributed by atoms with Gasteiger partial charge in [-0.3, -0.25) is 19.1 Å². The van der Waals surface area contributed by atoms with E-state index in [0.29, 0.717) is 29.9 Å². The molecule has 0 radical (unpaired) electrons. The number of carbonyl (C=O) groups is 1. The highest BCUT2D eigenvalue weighted by atomic mass is 16.3. The minimum absolute atomic E-state index is 0.0432. The molecule has 2 atom stereocenters. The van der Waals surface area contributed by atoms with Crippen molar-refractivity contribution < 1.29 is 9.90 Å². The average Bonchev–Trinajstić information content (AvgIpc) is 3.48. The number of aliphatic imine (C=N–C) groups is 1. The van der Waals surface area contributed by atoms with Crippen molar-refractivity contribution in [1.29, 1.82) is 0 Å². The van der Waals surface area contributed by atoms with E-state index in [4.69, 9.17) is 4.99 Å². The largest absolute Gasteiger partial charge is 0.494 e. The first-order valence-electron chi connectivity index (χ1n) is 18.2. The van der Waals surface area contributed by atoms with Crippen molar-refractivity contribution >= 4 is 33.4 Å². The number of fused-ring (bicyclic) bond motifs is 4. The third-order valence-corrected chi connectivity index (χ3v) is 11.0. The first-order chi connectivity index (χ1) is 26.2. The molecular formula is C45H41N5O4. The third-order valence-electron chi connectivity index (χ3n) is 11.0. The van der Waals surface area contributed by atoms with Gasteiger partial charge in [-0.15, -0.1) is 0 Å². The van der Waals surface area contributed by atoms with E-state index in [1.807, 2.05) is 78.6 Å². The molecule has 0 aliphatic carbocycles. The first-order valence-corrected chi connectivity index (χ1v) is 18.2. The van der Waals surface area contributed by atoms with Crippen LogP contribution in [0, 0.1) is 6.92 Å². The molecule has 54 heavy (non-hydrogen) atoms. The Kier molecular flexibility index (Phi) is 8.85. The molecule has 5 aromatic carbocycles. The van der Waals surface area contributed by atoms with Gasteiger partial charge in [-0.25, -0.2) is 9.36 Å². The van der Waals surface area contributed by atoms with Crippen LogP contribution in [0.2, 0.25) is 0 Å². The summed E-state index contributed by atoms with van der Waals surface area (Å²) in [6.07, 6.45) is 0.668. The summed E-state index contributed by atoms with van der Waals surface area (Å²) in [7, 11) is 3.51. The van der Waals surface area contributed by atoms with E-state index in [9.17, 15) is 19.5 Å². The Labute approximate surface area is 312 Å². The average molecular weight is 716 g/mol. The number of benzene rings is 5. The molecule has 0 spiro atoms.